The van der Waals surface area contributed by atoms with Crippen molar-refractivity contribution in [1.29, 1.82) is 0 Å². The van der Waals surface area contributed by atoms with Crippen molar-refractivity contribution in [3.63, 3.8) is 0 Å². The lowest BCUT2D eigenvalue weighted by molar-refractivity contribution is -0.128. The number of aliphatic imine (C=N–C) groups is 1. The minimum Gasteiger partial charge on any atom is -0.494 e. The van der Waals surface area contributed by atoms with E-state index in [0.29, 0.717) is 58.8 Å². The van der Waals surface area contributed by atoms with Gasteiger partial charge in [-0.15, -0.1) is 0 Å². The molecule has 1 heterocycles. The molecule has 0 unspecified atom stereocenters. The van der Waals surface area contributed by atoms with Gasteiger partial charge in [0.15, 0.2) is 11.6 Å². The largest absolute Gasteiger partial charge is 0.494 e. The Kier molecular flexibility index (Phi) is 10.4. The van der Waals surface area contributed by atoms with Gasteiger partial charge in [-0.3, -0.25) is 4.79 Å². The maximum Gasteiger partial charge on any atom is 0.252 e. The number of ether oxygens (including phenoxy) is 2. The van der Waals surface area contributed by atoms with Crippen LogP contribution < -0.4 is 10.1 Å². The monoisotopic (exact) mass is 680 g/mol. The molecule has 1 aliphatic heterocycles. The summed E-state index contributed by atoms with van der Waals surface area (Å²) in [5.41, 5.74) is 1.98. The topological polar surface area (TPSA) is 80.2 Å². The van der Waals surface area contributed by atoms with Crippen LogP contribution in [-0.2, 0) is 22.4 Å². The van der Waals surface area contributed by atoms with Crippen LogP contribution in [0.4, 0.5) is 0 Å². The van der Waals surface area contributed by atoms with Gasteiger partial charge in [0.25, 0.3) is 5.91 Å². The molecule has 0 spiro atoms. The Balaban J connectivity index is 1.54. The van der Waals surface area contributed by atoms with E-state index in [4.69, 9.17) is 42.8 Å². The molecule has 1 aliphatic rings. The molecule has 222 valence electrons. The van der Waals surface area contributed by atoms with Crippen LogP contribution in [0.1, 0.15) is 34.8 Å². The van der Waals surface area contributed by atoms with Crippen molar-refractivity contribution in [1.82, 2.24) is 5.32 Å². The molecule has 6 nitrogen and oxygen atoms in total. The van der Waals surface area contributed by atoms with Crippen LogP contribution >= 0.6 is 39.1 Å². The Morgan fingerprint density at radius 3 is 2.42 bits per heavy atom. The van der Waals surface area contributed by atoms with Crippen LogP contribution in [0.25, 0.3) is 0 Å². The van der Waals surface area contributed by atoms with Crippen molar-refractivity contribution in [2.75, 3.05) is 19.8 Å². The number of rotatable bonds is 12. The molecule has 0 saturated carbocycles. The van der Waals surface area contributed by atoms with Gasteiger partial charge in [0.2, 0.25) is 5.90 Å². The van der Waals surface area contributed by atoms with E-state index in [-0.39, 0.29) is 18.9 Å². The van der Waals surface area contributed by atoms with Gasteiger partial charge in [0.05, 0.1) is 6.61 Å². The molecule has 0 saturated heterocycles. The molecule has 0 radical (unpaired) electrons. The van der Waals surface area contributed by atoms with Gasteiger partial charge in [-0.25, -0.2) is 4.99 Å². The molecule has 43 heavy (non-hydrogen) atoms. The van der Waals surface area contributed by atoms with Gasteiger partial charge in [-0.2, -0.15) is 0 Å². The van der Waals surface area contributed by atoms with Crippen molar-refractivity contribution in [3.05, 3.63) is 134 Å². The third-order valence-corrected chi connectivity index (χ3v) is 8.29. The number of carbonyl (C=O) groups excluding carboxylic acids is 1. The lowest BCUT2D eigenvalue weighted by Gasteiger charge is -2.31. The Hall–Kier alpha value is -3.36. The average Bonchev–Trinajstić information content (AvgIpc) is 3.39. The first kappa shape index (κ1) is 31.1. The summed E-state index contributed by atoms with van der Waals surface area (Å²) in [6.45, 7) is 0.895. The molecule has 0 fully saturated rings. The first-order valence-electron chi connectivity index (χ1n) is 14.0. The molecular formula is C34H31BrCl2N2O4. The Morgan fingerprint density at radius 1 is 0.977 bits per heavy atom. The van der Waals surface area contributed by atoms with Gasteiger partial charge < -0.3 is 19.9 Å². The van der Waals surface area contributed by atoms with Crippen LogP contribution in [0.2, 0.25) is 10.0 Å². The van der Waals surface area contributed by atoms with Crippen LogP contribution in [0.5, 0.6) is 5.75 Å². The Labute approximate surface area is 269 Å². The van der Waals surface area contributed by atoms with E-state index in [1.54, 1.807) is 18.2 Å². The Bertz CT molecular complexity index is 1570. The molecule has 0 aliphatic carbocycles. The van der Waals surface area contributed by atoms with Crippen molar-refractivity contribution in [2.45, 2.75) is 30.9 Å². The van der Waals surface area contributed by atoms with Gasteiger partial charge in [0.1, 0.15) is 5.75 Å². The first-order valence-corrected chi connectivity index (χ1v) is 15.5. The van der Waals surface area contributed by atoms with Crippen LogP contribution in [-0.4, -0.2) is 42.2 Å². The zero-order valence-electron chi connectivity index (χ0n) is 23.3. The SMILES string of the molecule is O=C(NCCc1ccccc1)[C@]1(Cc2ccc(Br)cc2)N=C(c2ccc(OCCCO)cc2)O[C@@H]1c1ccc(Cl)cc1Cl. The molecule has 4 aromatic carbocycles. The highest BCUT2D eigenvalue weighted by atomic mass is 79.9. The predicted octanol–water partition coefficient (Wildman–Crippen LogP) is 7.38. The smallest absolute Gasteiger partial charge is 0.252 e. The second-order valence-corrected chi connectivity index (χ2v) is 12.0. The first-order chi connectivity index (χ1) is 20.9. The normalized spacial score (nSPS) is 17.7. The summed E-state index contributed by atoms with van der Waals surface area (Å²) in [6, 6.07) is 30.3. The number of aliphatic hydroxyl groups excluding tert-OH is 1. The molecule has 2 N–H and O–H groups in total. The fourth-order valence-corrected chi connectivity index (χ4v) is 5.78. The van der Waals surface area contributed by atoms with Crippen molar-refractivity contribution in [3.8, 4) is 5.75 Å². The lowest BCUT2D eigenvalue weighted by Crippen LogP contribution is -2.50. The van der Waals surface area contributed by atoms with Crippen molar-refractivity contribution < 1.29 is 19.4 Å². The molecule has 9 heteroatoms. The van der Waals surface area contributed by atoms with Gasteiger partial charge in [-0.1, -0.05) is 87.7 Å². The van der Waals surface area contributed by atoms with Gasteiger partial charge in [0, 0.05) is 51.6 Å². The number of halogens is 3. The number of benzene rings is 4. The van der Waals surface area contributed by atoms with Gasteiger partial charge in [-0.05, 0) is 66.1 Å². The number of carbonyl (C=O) groups is 1. The summed E-state index contributed by atoms with van der Waals surface area (Å²) < 4.78 is 13.2. The number of hydrogen-bond acceptors (Lipinski definition) is 5. The van der Waals surface area contributed by atoms with E-state index < -0.39 is 11.6 Å². The molecule has 0 bridgehead atoms. The van der Waals surface area contributed by atoms with E-state index >= 15 is 0 Å². The summed E-state index contributed by atoms with van der Waals surface area (Å²) >= 11 is 16.5. The van der Waals surface area contributed by atoms with Gasteiger partial charge >= 0.3 is 0 Å². The Morgan fingerprint density at radius 2 is 1.72 bits per heavy atom. The van der Waals surface area contributed by atoms with E-state index in [2.05, 4.69) is 21.2 Å². The summed E-state index contributed by atoms with van der Waals surface area (Å²) in [6.07, 6.45) is 0.655. The predicted molar refractivity (Wildman–Crippen MR) is 174 cm³/mol. The average molecular weight is 682 g/mol. The second kappa shape index (κ2) is 14.4. The lowest BCUT2D eigenvalue weighted by atomic mass is 9.82. The second-order valence-electron chi connectivity index (χ2n) is 10.2. The maximum atomic E-state index is 14.4. The van der Waals surface area contributed by atoms with Crippen molar-refractivity contribution in [2.24, 2.45) is 4.99 Å². The number of amides is 1. The summed E-state index contributed by atoms with van der Waals surface area (Å²) in [4.78, 5) is 19.4. The fourth-order valence-electron chi connectivity index (χ4n) is 5.00. The minimum atomic E-state index is -1.37. The quantitative estimate of drug-likeness (QED) is 0.153. The summed E-state index contributed by atoms with van der Waals surface area (Å²) in [5, 5.41) is 13.1. The third kappa shape index (κ3) is 7.60. The molecule has 4 aromatic rings. The molecule has 2 atom stereocenters. The van der Waals surface area contributed by atoms with E-state index in [1.807, 2.05) is 78.9 Å². The van der Waals surface area contributed by atoms with Crippen LogP contribution in [0, 0.1) is 0 Å². The van der Waals surface area contributed by atoms with Crippen molar-refractivity contribution >= 4 is 50.9 Å². The number of hydrogen-bond donors (Lipinski definition) is 2. The molecule has 1 amide bonds. The highest BCUT2D eigenvalue weighted by Gasteiger charge is 2.53. The highest BCUT2D eigenvalue weighted by Crippen LogP contribution is 2.45. The number of aliphatic hydroxyl groups is 1. The number of nitrogens with zero attached hydrogens (tertiary/aromatic N) is 1. The zero-order valence-corrected chi connectivity index (χ0v) is 26.4. The van der Waals surface area contributed by atoms with Crippen LogP contribution in [0.15, 0.2) is 107 Å². The molecule has 0 aromatic heterocycles. The number of nitrogens with one attached hydrogen (secondary N) is 1. The highest BCUT2D eigenvalue weighted by molar-refractivity contribution is 9.10. The summed E-state index contributed by atoms with van der Waals surface area (Å²) in [7, 11) is 0. The van der Waals surface area contributed by atoms with E-state index in [0.717, 1.165) is 15.6 Å². The fraction of sp³-hybridized carbons (Fsp3) is 0.235. The minimum absolute atomic E-state index is 0.0608. The van der Waals surface area contributed by atoms with Crippen LogP contribution in [0.3, 0.4) is 0 Å². The third-order valence-electron chi connectivity index (χ3n) is 7.20. The van der Waals surface area contributed by atoms with E-state index in [1.165, 1.54) is 0 Å². The zero-order chi connectivity index (χ0) is 30.2. The summed E-state index contributed by atoms with van der Waals surface area (Å²) in [5.74, 6) is 0.724. The molecular weight excluding hydrogens is 651 g/mol. The molecule has 5 rings (SSSR count). The van der Waals surface area contributed by atoms with E-state index in [9.17, 15) is 4.79 Å². The standard InChI is InChI=1S/C34H31BrCl2N2O4/c35-26-11-7-24(8-12-26)22-34(33(41)38-18-17-23-5-2-1-3-6-23)31(29-16-13-27(36)21-30(29)37)43-32(39-34)25-9-14-28(15-10-25)42-20-4-19-40/h1-3,5-16,21,31,40H,4,17-20,22H2,(H,38,41)/t31-,34-/m1/s1. The maximum absolute atomic E-state index is 14.4.